The van der Waals surface area contributed by atoms with E-state index in [0.29, 0.717) is 0 Å². The normalized spacial score (nSPS) is 25.8. The van der Waals surface area contributed by atoms with Gasteiger partial charge in [-0.25, -0.2) is 0 Å². The van der Waals surface area contributed by atoms with Gasteiger partial charge in [-0.1, -0.05) is 0 Å². The fourth-order valence-corrected chi connectivity index (χ4v) is 3.30. The van der Waals surface area contributed by atoms with E-state index in [4.69, 9.17) is 4.74 Å². The molecule has 0 aliphatic carbocycles. The standard InChI is InChI=1S/C15H30N2O3/c1-14(2,19)11-16-5-7-17(8-6-16)12-15(13-18)3-9-20-10-4-15/h18-19H,3-13H2,1-2H3. The molecule has 0 spiro atoms. The molecule has 0 aromatic rings. The highest BCUT2D eigenvalue weighted by Gasteiger charge is 2.35. The van der Waals surface area contributed by atoms with E-state index < -0.39 is 5.60 Å². The predicted molar refractivity (Wildman–Crippen MR) is 78.7 cm³/mol. The Bertz CT molecular complexity index is 290. The number of nitrogens with zero attached hydrogens (tertiary/aromatic N) is 2. The lowest BCUT2D eigenvalue weighted by Gasteiger charge is -2.43. The number of hydrogen-bond donors (Lipinski definition) is 2. The summed E-state index contributed by atoms with van der Waals surface area (Å²) >= 11 is 0. The van der Waals surface area contributed by atoms with Gasteiger partial charge in [0.05, 0.1) is 12.2 Å². The zero-order chi connectivity index (χ0) is 14.6. The SMILES string of the molecule is CC(C)(O)CN1CCN(CC2(CO)CCOCC2)CC1. The van der Waals surface area contributed by atoms with Gasteiger partial charge >= 0.3 is 0 Å². The van der Waals surface area contributed by atoms with Crippen LogP contribution >= 0.6 is 0 Å². The molecule has 2 heterocycles. The summed E-state index contributed by atoms with van der Waals surface area (Å²) in [6.45, 7) is 11.3. The molecule has 2 rings (SSSR count). The molecule has 0 unspecified atom stereocenters. The molecule has 2 aliphatic heterocycles. The van der Waals surface area contributed by atoms with Crippen LogP contribution in [0.2, 0.25) is 0 Å². The number of hydrogen-bond acceptors (Lipinski definition) is 5. The molecule has 118 valence electrons. The highest BCUT2D eigenvalue weighted by Crippen LogP contribution is 2.31. The summed E-state index contributed by atoms with van der Waals surface area (Å²) in [6.07, 6.45) is 1.93. The van der Waals surface area contributed by atoms with E-state index in [0.717, 1.165) is 65.3 Å². The van der Waals surface area contributed by atoms with Gasteiger partial charge < -0.3 is 19.8 Å². The van der Waals surface area contributed by atoms with E-state index >= 15 is 0 Å². The second-order valence-electron chi connectivity index (χ2n) is 7.14. The van der Waals surface area contributed by atoms with Crippen molar-refractivity contribution in [3.05, 3.63) is 0 Å². The van der Waals surface area contributed by atoms with Crippen molar-refractivity contribution in [3.63, 3.8) is 0 Å². The molecule has 2 N–H and O–H groups in total. The molecule has 0 radical (unpaired) electrons. The highest BCUT2D eigenvalue weighted by atomic mass is 16.5. The van der Waals surface area contributed by atoms with Crippen molar-refractivity contribution in [2.45, 2.75) is 32.3 Å². The average molecular weight is 286 g/mol. The van der Waals surface area contributed by atoms with Gasteiger partial charge in [0.1, 0.15) is 0 Å². The fraction of sp³-hybridized carbons (Fsp3) is 1.00. The van der Waals surface area contributed by atoms with E-state index in [1.807, 2.05) is 13.8 Å². The maximum Gasteiger partial charge on any atom is 0.0718 e. The monoisotopic (exact) mass is 286 g/mol. The number of ether oxygens (including phenoxy) is 1. The van der Waals surface area contributed by atoms with Gasteiger partial charge in [-0.3, -0.25) is 4.90 Å². The molecule has 2 saturated heterocycles. The van der Waals surface area contributed by atoms with Crippen LogP contribution in [-0.4, -0.2) is 84.7 Å². The Morgan fingerprint density at radius 1 is 1.05 bits per heavy atom. The second kappa shape index (κ2) is 6.71. The predicted octanol–water partition coefficient (Wildman–Crippen LogP) is 0.164. The van der Waals surface area contributed by atoms with Crippen LogP contribution in [0, 0.1) is 5.41 Å². The number of piperazine rings is 1. The van der Waals surface area contributed by atoms with Crippen LogP contribution < -0.4 is 0 Å². The summed E-state index contributed by atoms with van der Waals surface area (Å²) in [5, 5.41) is 19.6. The number of rotatable bonds is 5. The zero-order valence-corrected chi connectivity index (χ0v) is 13.0. The third-order valence-electron chi connectivity index (χ3n) is 4.52. The van der Waals surface area contributed by atoms with E-state index in [9.17, 15) is 10.2 Å². The lowest BCUT2D eigenvalue weighted by molar-refractivity contribution is -0.0447. The largest absolute Gasteiger partial charge is 0.396 e. The van der Waals surface area contributed by atoms with E-state index in [1.54, 1.807) is 0 Å². The Morgan fingerprint density at radius 3 is 2.10 bits per heavy atom. The molecule has 5 heteroatoms. The molecule has 0 aromatic carbocycles. The Kier molecular flexibility index (Phi) is 5.42. The Balaban J connectivity index is 1.78. The molecule has 0 amide bonds. The van der Waals surface area contributed by atoms with Crippen LogP contribution in [0.1, 0.15) is 26.7 Å². The lowest BCUT2D eigenvalue weighted by atomic mass is 9.80. The van der Waals surface area contributed by atoms with Crippen LogP contribution in [0.4, 0.5) is 0 Å². The first-order chi connectivity index (χ1) is 9.42. The van der Waals surface area contributed by atoms with Gasteiger partial charge in [0.15, 0.2) is 0 Å². The number of β-amino-alcohol motifs (C(OH)–C–C–N with tert-alkyl or cyclic N) is 1. The minimum atomic E-state index is -0.616. The maximum atomic E-state index is 9.87. The second-order valence-corrected chi connectivity index (χ2v) is 7.14. The third-order valence-corrected chi connectivity index (χ3v) is 4.52. The third kappa shape index (κ3) is 4.67. The van der Waals surface area contributed by atoms with Crippen molar-refractivity contribution < 1.29 is 14.9 Å². The van der Waals surface area contributed by atoms with E-state index in [-0.39, 0.29) is 12.0 Å². The van der Waals surface area contributed by atoms with Crippen molar-refractivity contribution in [1.29, 1.82) is 0 Å². The molecule has 0 saturated carbocycles. The van der Waals surface area contributed by atoms with Gasteiger partial charge in [0.2, 0.25) is 0 Å². The lowest BCUT2D eigenvalue weighted by Crippen LogP contribution is -2.53. The summed E-state index contributed by atoms with van der Waals surface area (Å²) in [5.41, 5.74) is -0.578. The van der Waals surface area contributed by atoms with Crippen LogP contribution in [0.25, 0.3) is 0 Å². The van der Waals surface area contributed by atoms with Crippen molar-refractivity contribution >= 4 is 0 Å². The summed E-state index contributed by atoms with van der Waals surface area (Å²) in [4.78, 5) is 4.79. The van der Waals surface area contributed by atoms with Crippen molar-refractivity contribution in [3.8, 4) is 0 Å². The van der Waals surface area contributed by atoms with Gasteiger partial charge in [0.25, 0.3) is 0 Å². The molecule has 5 nitrogen and oxygen atoms in total. The average Bonchev–Trinajstić information content (AvgIpc) is 2.40. The van der Waals surface area contributed by atoms with Crippen LogP contribution in [0.5, 0.6) is 0 Å². The van der Waals surface area contributed by atoms with Gasteiger partial charge in [-0.05, 0) is 26.7 Å². The number of aliphatic hydroxyl groups is 2. The van der Waals surface area contributed by atoms with Crippen LogP contribution in [-0.2, 0) is 4.74 Å². The van der Waals surface area contributed by atoms with Gasteiger partial charge in [-0.15, -0.1) is 0 Å². The smallest absolute Gasteiger partial charge is 0.0718 e. The molecule has 0 atom stereocenters. The topological polar surface area (TPSA) is 56.2 Å². The van der Waals surface area contributed by atoms with Crippen LogP contribution in [0.15, 0.2) is 0 Å². The molecule has 0 aromatic heterocycles. The minimum Gasteiger partial charge on any atom is -0.396 e. The quantitative estimate of drug-likeness (QED) is 0.754. The Labute approximate surface area is 122 Å². The first-order valence-electron chi connectivity index (χ1n) is 7.78. The van der Waals surface area contributed by atoms with Crippen LogP contribution in [0.3, 0.4) is 0 Å². The Morgan fingerprint density at radius 2 is 1.60 bits per heavy atom. The minimum absolute atomic E-state index is 0.0384. The summed E-state index contributed by atoms with van der Waals surface area (Å²) in [5.74, 6) is 0. The first-order valence-corrected chi connectivity index (χ1v) is 7.78. The first kappa shape index (κ1) is 16.2. The molecule has 2 aliphatic rings. The summed E-state index contributed by atoms with van der Waals surface area (Å²) < 4.78 is 5.42. The van der Waals surface area contributed by atoms with Crippen molar-refractivity contribution in [2.24, 2.45) is 5.41 Å². The zero-order valence-electron chi connectivity index (χ0n) is 13.0. The maximum absolute atomic E-state index is 9.87. The van der Waals surface area contributed by atoms with Gasteiger partial charge in [0, 0.05) is 57.9 Å². The van der Waals surface area contributed by atoms with E-state index in [1.165, 1.54) is 0 Å². The molecule has 20 heavy (non-hydrogen) atoms. The van der Waals surface area contributed by atoms with Crippen molar-refractivity contribution in [1.82, 2.24) is 9.80 Å². The molecular formula is C15H30N2O3. The van der Waals surface area contributed by atoms with Gasteiger partial charge in [-0.2, -0.15) is 0 Å². The summed E-state index contributed by atoms with van der Waals surface area (Å²) in [6, 6.07) is 0. The molecule has 0 bridgehead atoms. The summed E-state index contributed by atoms with van der Waals surface area (Å²) in [7, 11) is 0. The Hall–Kier alpha value is -0.200. The van der Waals surface area contributed by atoms with E-state index in [2.05, 4.69) is 9.80 Å². The molecule has 2 fully saturated rings. The molecular weight excluding hydrogens is 256 g/mol. The highest BCUT2D eigenvalue weighted by molar-refractivity contribution is 4.87. The number of aliphatic hydroxyl groups excluding tert-OH is 1. The fourth-order valence-electron chi connectivity index (χ4n) is 3.30. The van der Waals surface area contributed by atoms with Crippen molar-refractivity contribution in [2.75, 3.05) is 59.1 Å².